The van der Waals surface area contributed by atoms with Gasteiger partial charge in [-0.05, 0) is 45.8 Å². The summed E-state index contributed by atoms with van der Waals surface area (Å²) in [4.78, 5) is 17.1. The summed E-state index contributed by atoms with van der Waals surface area (Å²) in [5, 5.41) is 8.37. The van der Waals surface area contributed by atoms with Crippen LogP contribution in [0, 0.1) is 0 Å². The number of allylic oxidation sites excluding steroid dienone is 5. The zero-order chi connectivity index (χ0) is 20.5. The van der Waals surface area contributed by atoms with Gasteiger partial charge < -0.3 is 4.74 Å². The number of thiophene rings is 4. The van der Waals surface area contributed by atoms with Crippen LogP contribution in [0.25, 0.3) is 22.3 Å². The summed E-state index contributed by atoms with van der Waals surface area (Å²) < 4.78 is 5.05. The van der Waals surface area contributed by atoms with Crippen molar-refractivity contribution >= 4 is 73.6 Å². The van der Waals surface area contributed by atoms with Gasteiger partial charge >= 0.3 is 5.97 Å². The Kier molecular flexibility index (Phi) is 5.39. The summed E-state index contributed by atoms with van der Waals surface area (Å²) in [5.41, 5.74) is 5.51. The van der Waals surface area contributed by atoms with Gasteiger partial charge in [0.25, 0.3) is 0 Å². The lowest BCUT2D eigenvalue weighted by Gasteiger charge is -2.09. The molecule has 6 heteroatoms. The molecule has 0 saturated carbocycles. The smallest absolute Gasteiger partial charge is 0.331 e. The highest BCUT2D eigenvalue weighted by molar-refractivity contribution is 7.14. The zero-order valence-electron chi connectivity index (χ0n) is 16.0. The molecular weight excluding hydrogens is 449 g/mol. The lowest BCUT2D eigenvalue weighted by molar-refractivity contribution is -0.134. The minimum Gasteiger partial charge on any atom is -0.466 e. The number of methoxy groups -OCH3 is 1. The Balaban J connectivity index is 1.91. The van der Waals surface area contributed by atoms with E-state index < -0.39 is 0 Å². The fourth-order valence-electron chi connectivity index (χ4n) is 3.65. The molecule has 0 fully saturated rings. The Labute approximate surface area is 190 Å². The number of carbonyl (C=O) groups is 1. The summed E-state index contributed by atoms with van der Waals surface area (Å²) in [7, 11) is 1.43. The molecule has 1 aliphatic carbocycles. The first-order valence-corrected chi connectivity index (χ1v) is 12.7. The molecule has 0 bridgehead atoms. The molecule has 2 nitrogen and oxygen atoms in total. The van der Waals surface area contributed by atoms with E-state index in [0.717, 1.165) is 26.5 Å². The van der Waals surface area contributed by atoms with E-state index in [-0.39, 0.29) is 5.97 Å². The van der Waals surface area contributed by atoms with E-state index in [9.17, 15) is 4.79 Å². The molecule has 4 aromatic heterocycles. The summed E-state index contributed by atoms with van der Waals surface area (Å²) in [5.74, 6) is -0.342. The Morgan fingerprint density at radius 3 is 1.33 bits per heavy atom. The Morgan fingerprint density at radius 2 is 1.03 bits per heavy atom. The Bertz CT molecular complexity index is 1160. The quantitative estimate of drug-likeness (QED) is 0.225. The molecule has 0 aliphatic heterocycles. The fraction of sp³-hybridized carbons (Fsp3) is 0.0417. The van der Waals surface area contributed by atoms with E-state index in [0.29, 0.717) is 0 Å². The number of ether oxygens (including phenoxy) is 1. The molecule has 30 heavy (non-hydrogen) atoms. The molecule has 148 valence electrons. The van der Waals surface area contributed by atoms with Crippen molar-refractivity contribution in [3.8, 4) is 0 Å². The van der Waals surface area contributed by atoms with E-state index in [1.165, 1.54) is 28.0 Å². The lowest BCUT2D eigenvalue weighted by Crippen LogP contribution is -1.99. The topological polar surface area (TPSA) is 26.3 Å². The standard InChI is InChI=1S/C24H16O2S4/c1-26-20(25)14-15-21(16-6-2-10-27-16)23(18-8-4-12-29-18)24(19-9-5-13-30-19)22(15)17-7-3-11-28-17/h2-14H,1H3. The van der Waals surface area contributed by atoms with Crippen molar-refractivity contribution in [3.63, 3.8) is 0 Å². The van der Waals surface area contributed by atoms with Crippen LogP contribution in [0.5, 0.6) is 0 Å². The molecule has 4 heterocycles. The summed E-state index contributed by atoms with van der Waals surface area (Å²) >= 11 is 6.84. The molecule has 0 radical (unpaired) electrons. The molecule has 0 aromatic carbocycles. The van der Waals surface area contributed by atoms with Crippen LogP contribution in [0.15, 0.2) is 81.7 Å². The number of hydrogen-bond donors (Lipinski definition) is 0. The normalized spacial score (nSPS) is 14.0. The van der Waals surface area contributed by atoms with Crippen molar-refractivity contribution in [2.45, 2.75) is 0 Å². The number of carbonyl (C=O) groups excluding carboxylic acids is 1. The van der Waals surface area contributed by atoms with Crippen LogP contribution in [0.3, 0.4) is 0 Å². The molecule has 1 aliphatic rings. The molecule has 0 saturated heterocycles. The van der Waals surface area contributed by atoms with Gasteiger partial charge in [-0.15, -0.1) is 45.3 Å². The third kappa shape index (κ3) is 3.36. The molecule has 0 atom stereocenters. The Morgan fingerprint density at radius 1 is 0.667 bits per heavy atom. The zero-order valence-corrected chi connectivity index (χ0v) is 19.2. The largest absolute Gasteiger partial charge is 0.466 e. The van der Waals surface area contributed by atoms with Crippen molar-refractivity contribution in [1.82, 2.24) is 0 Å². The van der Waals surface area contributed by atoms with E-state index >= 15 is 0 Å². The van der Waals surface area contributed by atoms with Gasteiger partial charge in [-0.2, -0.15) is 0 Å². The summed E-state index contributed by atoms with van der Waals surface area (Å²) in [6, 6.07) is 16.9. The van der Waals surface area contributed by atoms with Crippen LogP contribution < -0.4 is 0 Å². The average Bonchev–Trinajstić information content (AvgIpc) is 3.57. The third-order valence-corrected chi connectivity index (χ3v) is 8.37. The van der Waals surface area contributed by atoms with E-state index in [4.69, 9.17) is 4.74 Å². The first kappa shape index (κ1) is 19.5. The maximum Gasteiger partial charge on any atom is 0.331 e. The maximum atomic E-state index is 12.5. The molecule has 4 aromatic rings. The minimum atomic E-state index is -0.342. The molecular formula is C24H16O2S4. The highest BCUT2D eigenvalue weighted by Gasteiger charge is 2.34. The van der Waals surface area contributed by atoms with Crippen LogP contribution in [-0.2, 0) is 9.53 Å². The first-order valence-electron chi connectivity index (χ1n) is 9.22. The molecule has 0 unspecified atom stereocenters. The van der Waals surface area contributed by atoms with Crippen LogP contribution in [0.4, 0.5) is 0 Å². The van der Waals surface area contributed by atoms with Crippen LogP contribution >= 0.6 is 45.3 Å². The van der Waals surface area contributed by atoms with Gasteiger partial charge in [-0.3, -0.25) is 0 Å². The second kappa shape index (κ2) is 8.32. The number of esters is 1. The molecule has 0 N–H and O–H groups in total. The van der Waals surface area contributed by atoms with Crippen molar-refractivity contribution < 1.29 is 9.53 Å². The van der Waals surface area contributed by atoms with E-state index in [1.807, 2.05) is 0 Å². The van der Waals surface area contributed by atoms with Crippen molar-refractivity contribution in [1.29, 1.82) is 0 Å². The van der Waals surface area contributed by atoms with Gasteiger partial charge in [0.15, 0.2) is 0 Å². The van der Waals surface area contributed by atoms with Crippen LogP contribution in [0.2, 0.25) is 0 Å². The van der Waals surface area contributed by atoms with Crippen LogP contribution in [0.1, 0.15) is 19.5 Å². The van der Waals surface area contributed by atoms with E-state index in [1.54, 1.807) is 51.4 Å². The van der Waals surface area contributed by atoms with Gasteiger partial charge in [0.05, 0.1) is 7.11 Å². The SMILES string of the molecule is COC(=O)C=C1C(c2cccs2)=C(c2cccs2)C(c2cccs2)=C1c1cccs1. The molecule has 0 spiro atoms. The predicted molar refractivity (Wildman–Crippen MR) is 131 cm³/mol. The van der Waals surface area contributed by atoms with Crippen molar-refractivity contribution in [2.24, 2.45) is 0 Å². The van der Waals surface area contributed by atoms with Crippen molar-refractivity contribution in [2.75, 3.05) is 7.11 Å². The minimum absolute atomic E-state index is 0.342. The lowest BCUT2D eigenvalue weighted by atomic mass is 9.99. The maximum absolute atomic E-state index is 12.5. The molecule has 5 rings (SSSR count). The summed E-state index contributed by atoms with van der Waals surface area (Å²) in [6.45, 7) is 0. The van der Waals surface area contributed by atoms with Gasteiger partial charge in [-0.25, -0.2) is 4.79 Å². The summed E-state index contributed by atoms with van der Waals surface area (Å²) in [6.07, 6.45) is 1.65. The third-order valence-electron chi connectivity index (χ3n) is 4.82. The highest BCUT2D eigenvalue weighted by atomic mass is 32.1. The van der Waals surface area contributed by atoms with Gasteiger partial charge in [-0.1, -0.05) is 24.3 Å². The highest BCUT2D eigenvalue weighted by Crippen LogP contribution is 2.57. The van der Waals surface area contributed by atoms with E-state index in [2.05, 4.69) is 70.1 Å². The monoisotopic (exact) mass is 464 g/mol. The first-order chi connectivity index (χ1) is 14.8. The second-order valence-electron chi connectivity index (χ2n) is 6.49. The number of rotatable bonds is 5. The average molecular weight is 465 g/mol. The van der Waals surface area contributed by atoms with Gasteiger partial charge in [0.2, 0.25) is 0 Å². The van der Waals surface area contributed by atoms with Gasteiger partial charge in [0, 0.05) is 53.5 Å². The predicted octanol–water partition coefficient (Wildman–Crippen LogP) is 7.57. The second-order valence-corrected chi connectivity index (χ2v) is 10.3. The fourth-order valence-corrected chi connectivity index (χ4v) is 6.80. The van der Waals surface area contributed by atoms with Gasteiger partial charge in [0.1, 0.15) is 0 Å². The Hall–Kier alpha value is -2.51. The van der Waals surface area contributed by atoms with Crippen molar-refractivity contribution in [3.05, 3.63) is 101 Å². The number of hydrogen-bond acceptors (Lipinski definition) is 6. The molecule has 0 amide bonds. The van der Waals surface area contributed by atoms with Crippen LogP contribution in [-0.4, -0.2) is 13.1 Å².